The summed E-state index contributed by atoms with van der Waals surface area (Å²) < 4.78 is 12.9. The van der Waals surface area contributed by atoms with Crippen LogP contribution in [0.2, 0.25) is 0 Å². The first-order chi connectivity index (χ1) is 10.4. The normalized spacial score (nSPS) is 10.5. The molecule has 0 bridgehead atoms. The summed E-state index contributed by atoms with van der Waals surface area (Å²) in [5.74, 6) is -0.0158. The molecular weight excluding hydrogens is 301 g/mol. The average molecular weight is 319 g/mol. The minimum absolute atomic E-state index is 0.0166. The zero-order valence-corrected chi connectivity index (χ0v) is 13.7. The van der Waals surface area contributed by atoms with Crippen molar-refractivity contribution in [2.75, 3.05) is 12.8 Å². The number of aryl methyl sites for hydroxylation is 2. The lowest BCUT2D eigenvalue weighted by molar-refractivity contribution is -0.127. The van der Waals surface area contributed by atoms with Gasteiger partial charge < -0.3 is 4.90 Å². The van der Waals surface area contributed by atoms with Gasteiger partial charge in [-0.1, -0.05) is 23.9 Å². The summed E-state index contributed by atoms with van der Waals surface area (Å²) in [5.41, 5.74) is 2.68. The molecule has 1 amide bonds. The Morgan fingerprint density at radius 3 is 2.36 bits per heavy atom. The average Bonchev–Trinajstić information content (AvgIpc) is 2.46. The Morgan fingerprint density at radius 2 is 1.77 bits per heavy atom. The van der Waals surface area contributed by atoms with E-state index in [1.807, 2.05) is 19.9 Å². The highest BCUT2D eigenvalue weighted by molar-refractivity contribution is 7.99. The van der Waals surface area contributed by atoms with Gasteiger partial charge in [0.2, 0.25) is 5.91 Å². The number of amides is 1. The van der Waals surface area contributed by atoms with Crippen LogP contribution in [0.3, 0.4) is 0 Å². The van der Waals surface area contributed by atoms with Gasteiger partial charge in [-0.2, -0.15) is 0 Å². The fraction of sp³-hybridized carbons (Fsp3) is 0.312. The first kappa shape index (κ1) is 16.4. The van der Waals surface area contributed by atoms with Crippen LogP contribution in [0.5, 0.6) is 0 Å². The lowest BCUT2D eigenvalue weighted by atomic mass is 10.2. The van der Waals surface area contributed by atoms with E-state index in [0.29, 0.717) is 11.7 Å². The third-order valence-electron chi connectivity index (χ3n) is 3.05. The third kappa shape index (κ3) is 4.80. The Hall–Kier alpha value is -1.95. The Kier molecular flexibility index (Phi) is 5.49. The van der Waals surface area contributed by atoms with Gasteiger partial charge in [0.25, 0.3) is 0 Å². The molecule has 0 aliphatic heterocycles. The molecule has 2 rings (SSSR count). The summed E-state index contributed by atoms with van der Waals surface area (Å²) in [4.78, 5) is 22.3. The highest BCUT2D eigenvalue weighted by Gasteiger charge is 2.11. The second kappa shape index (κ2) is 7.35. The number of thioether (sulfide) groups is 1. The van der Waals surface area contributed by atoms with E-state index in [9.17, 15) is 9.18 Å². The van der Waals surface area contributed by atoms with Gasteiger partial charge in [-0.25, -0.2) is 14.4 Å². The van der Waals surface area contributed by atoms with Crippen LogP contribution in [0, 0.1) is 19.7 Å². The van der Waals surface area contributed by atoms with Crippen molar-refractivity contribution in [3.8, 4) is 0 Å². The highest BCUT2D eigenvalue weighted by Crippen LogP contribution is 2.15. The number of carbonyl (C=O) groups excluding carboxylic acids is 1. The fourth-order valence-electron chi connectivity index (χ4n) is 1.95. The first-order valence-corrected chi connectivity index (χ1v) is 7.86. The van der Waals surface area contributed by atoms with Crippen LogP contribution in [0.1, 0.15) is 17.0 Å². The van der Waals surface area contributed by atoms with Crippen LogP contribution >= 0.6 is 11.8 Å². The van der Waals surface area contributed by atoms with Gasteiger partial charge in [-0.3, -0.25) is 4.79 Å². The van der Waals surface area contributed by atoms with E-state index in [1.165, 1.54) is 23.9 Å². The largest absolute Gasteiger partial charge is 0.341 e. The van der Waals surface area contributed by atoms with Crippen molar-refractivity contribution in [1.82, 2.24) is 14.9 Å². The molecule has 0 saturated carbocycles. The van der Waals surface area contributed by atoms with E-state index in [0.717, 1.165) is 17.0 Å². The van der Waals surface area contributed by atoms with Crippen molar-refractivity contribution in [1.29, 1.82) is 0 Å². The Labute approximate surface area is 133 Å². The van der Waals surface area contributed by atoms with Gasteiger partial charge in [-0.05, 0) is 37.6 Å². The number of rotatable bonds is 5. The molecule has 2 aromatic rings. The molecule has 0 fully saturated rings. The highest BCUT2D eigenvalue weighted by atomic mass is 32.2. The molecule has 6 heteroatoms. The predicted molar refractivity (Wildman–Crippen MR) is 85.1 cm³/mol. The first-order valence-electron chi connectivity index (χ1n) is 6.87. The van der Waals surface area contributed by atoms with Crippen molar-refractivity contribution < 1.29 is 9.18 Å². The quantitative estimate of drug-likeness (QED) is 0.628. The van der Waals surface area contributed by atoms with Gasteiger partial charge in [-0.15, -0.1) is 0 Å². The molecule has 0 aliphatic carbocycles. The molecular formula is C16H18FN3OS. The fourth-order valence-corrected chi connectivity index (χ4v) is 2.84. The Bertz CT molecular complexity index is 641. The molecule has 0 spiro atoms. The number of nitrogens with zero attached hydrogens (tertiary/aromatic N) is 3. The number of benzene rings is 1. The van der Waals surface area contributed by atoms with E-state index >= 15 is 0 Å². The number of aromatic nitrogens is 2. The lowest BCUT2D eigenvalue weighted by Gasteiger charge is -2.17. The van der Waals surface area contributed by atoms with Crippen molar-refractivity contribution >= 4 is 17.7 Å². The van der Waals surface area contributed by atoms with Gasteiger partial charge in [0.05, 0.1) is 5.75 Å². The van der Waals surface area contributed by atoms with E-state index < -0.39 is 0 Å². The maximum atomic E-state index is 12.9. The standard InChI is InChI=1S/C16H18FN3OS/c1-11-8-12(2)19-16(18-11)22-10-15(21)20(3)9-13-4-6-14(17)7-5-13/h4-8H,9-10H2,1-3H3. The second-order valence-corrected chi connectivity index (χ2v) is 6.04. The minimum Gasteiger partial charge on any atom is -0.341 e. The van der Waals surface area contributed by atoms with Crippen LogP contribution in [-0.2, 0) is 11.3 Å². The molecule has 4 nitrogen and oxygen atoms in total. The van der Waals surface area contributed by atoms with Gasteiger partial charge in [0.1, 0.15) is 5.82 Å². The molecule has 1 heterocycles. The number of carbonyl (C=O) groups is 1. The van der Waals surface area contributed by atoms with E-state index in [2.05, 4.69) is 9.97 Å². The maximum Gasteiger partial charge on any atom is 0.233 e. The molecule has 0 N–H and O–H groups in total. The van der Waals surface area contributed by atoms with E-state index in [4.69, 9.17) is 0 Å². The molecule has 0 unspecified atom stereocenters. The Balaban J connectivity index is 1.89. The monoisotopic (exact) mass is 319 g/mol. The maximum absolute atomic E-state index is 12.9. The van der Waals surface area contributed by atoms with E-state index in [1.54, 1.807) is 24.1 Å². The summed E-state index contributed by atoms with van der Waals surface area (Å²) in [6.45, 7) is 4.26. The summed E-state index contributed by atoms with van der Waals surface area (Å²) >= 11 is 1.32. The van der Waals surface area contributed by atoms with Crippen molar-refractivity contribution in [3.63, 3.8) is 0 Å². The van der Waals surface area contributed by atoms with Gasteiger partial charge in [0, 0.05) is 25.0 Å². The minimum atomic E-state index is -0.278. The molecule has 22 heavy (non-hydrogen) atoms. The van der Waals surface area contributed by atoms with Crippen molar-refractivity contribution in [2.45, 2.75) is 25.5 Å². The van der Waals surface area contributed by atoms with Crippen LogP contribution < -0.4 is 0 Å². The second-order valence-electron chi connectivity index (χ2n) is 5.10. The van der Waals surface area contributed by atoms with Crippen molar-refractivity contribution in [2.24, 2.45) is 0 Å². The smallest absolute Gasteiger partial charge is 0.233 e. The summed E-state index contributed by atoms with van der Waals surface area (Å²) in [6.07, 6.45) is 0. The van der Waals surface area contributed by atoms with Crippen molar-refractivity contribution in [3.05, 3.63) is 53.1 Å². The predicted octanol–water partition coefficient (Wildman–Crippen LogP) is 2.98. The van der Waals surface area contributed by atoms with Crippen LogP contribution in [0.25, 0.3) is 0 Å². The molecule has 1 aromatic heterocycles. The molecule has 0 radical (unpaired) electrons. The van der Waals surface area contributed by atoms with Crippen LogP contribution in [-0.4, -0.2) is 33.6 Å². The third-order valence-corrected chi connectivity index (χ3v) is 3.88. The number of hydrogen-bond acceptors (Lipinski definition) is 4. The zero-order chi connectivity index (χ0) is 16.1. The van der Waals surface area contributed by atoms with E-state index in [-0.39, 0.29) is 17.5 Å². The molecule has 0 saturated heterocycles. The van der Waals surface area contributed by atoms with Gasteiger partial charge >= 0.3 is 0 Å². The van der Waals surface area contributed by atoms with Crippen LogP contribution in [0.15, 0.2) is 35.5 Å². The Morgan fingerprint density at radius 1 is 1.18 bits per heavy atom. The number of hydrogen-bond donors (Lipinski definition) is 0. The molecule has 1 aromatic carbocycles. The molecule has 0 aliphatic rings. The summed E-state index contributed by atoms with van der Waals surface area (Å²) in [7, 11) is 1.73. The summed E-state index contributed by atoms with van der Waals surface area (Å²) in [5, 5.41) is 0.612. The number of halogens is 1. The summed E-state index contributed by atoms with van der Waals surface area (Å²) in [6, 6.07) is 8.04. The van der Waals surface area contributed by atoms with Gasteiger partial charge in [0.15, 0.2) is 5.16 Å². The molecule has 0 atom stereocenters. The zero-order valence-electron chi connectivity index (χ0n) is 12.8. The lowest BCUT2D eigenvalue weighted by Crippen LogP contribution is -2.27. The topological polar surface area (TPSA) is 46.1 Å². The SMILES string of the molecule is Cc1cc(C)nc(SCC(=O)N(C)Cc2ccc(F)cc2)n1. The molecule has 116 valence electrons. The van der Waals surface area contributed by atoms with Crippen LogP contribution in [0.4, 0.5) is 4.39 Å².